The minimum Gasteiger partial charge on any atom is -0.272 e. The number of benzene rings is 1. The molecule has 0 spiro atoms. The fraction of sp³-hybridized carbons (Fsp3) is 0.188. The van der Waals surface area contributed by atoms with Gasteiger partial charge >= 0.3 is 0 Å². The van der Waals surface area contributed by atoms with Crippen LogP contribution in [0.4, 0.5) is 5.69 Å². The van der Waals surface area contributed by atoms with Gasteiger partial charge in [-0.3, -0.25) is 9.78 Å². The van der Waals surface area contributed by atoms with Gasteiger partial charge in [0.1, 0.15) is 0 Å². The molecule has 1 atom stereocenters. The Kier molecular flexibility index (Phi) is 3.29. The fourth-order valence-corrected chi connectivity index (χ4v) is 2.39. The summed E-state index contributed by atoms with van der Waals surface area (Å²) in [5, 5.41) is 6.02. The summed E-state index contributed by atoms with van der Waals surface area (Å²) >= 11 is 0. The minimum absolute atomic E-state index is 0.0255. The zero-order chi connectivity index (χ0) is 13.9. The van der Waals surface area contributed by atoms with Crippen LogP contribution in [0.5, 0.6) is 0 Å². The van der Waals surface area contributed by atoms with Gasteiger partial charge in [0.25, 0.3) is 5.91 Å². The van der Waals surface area contributed by atoms with Gasteiger partial charge in [0.15, 0.2) is 0 Å². The van der Waals surface area contributed by atoms with Gasteiger partial charge in [-0.2, -0.15) is 10.1 Å². The van der Waals surface area contributed by atoms with Crippen molar-refractivity contribution in [3.63, 3.8) is 0 Å². The van der Waals surface area contributed by atoms with E-state index >= 15 is 0 Å². The van der Waals surface area contributed by atoms with E-state index in [0.29, 0.717) is 0 Å². The number of hydrogen-bond acceptors (Lipinski definition) is 3. The van der Waals surface area contributed by atoms with E-state index in [1.807, 2.05) is 49.4 Å². The largest absolute Gasteiger partial charge is 0.272 e. The summed E-state index contributed by atoms with van der Waals surface area (Å²) in [6, 6.07) is 13.3. The second-order valence-electron chi connectivity index (χ2n) is 4.67. The number of nitrogens with zero attached hydrogens (tertiary/aromatic N) is 3. The number of anilines is 1. The molecule has 0 bridgehead atoms. The number of aromatic nitrogens is 1. The second kappa shape index (κ2) is 5.25. The smallest absolute Gasteiger partial charge is 0.256 e. The summed E-state index contributed by atoms with van der Waals surface area (Å²) in [6.07, 6.45) is 4.20. The first-order valence-corrected chi connectivity index (χ1v) is 6.69. The van der Waals surface area contributed by atoms with Crippen molar-refractivity contribution < 1.29 is 4.79 Å². The Bertz CT molecular complexity index is 637. The third-order valence-electron chi connectivity index (χ3n) is 3.41. The highest BCUT2D eigenvalue weighted by Gasteiger charge is 2.35. The molecule has 0 N–H and O–H groups in total. The topological polar surface area (TPSA) is 45.6 Å². The van der Waals surface area contributed by atoms with Gasteiger partial charge in [-0.15, -0.1) is 0 Å². The van der Waals surface area contributed by atoms with Crippen molar-refractivity contribution in [2.45, 2.75) is 13.3 Å². The van der Waals surface area contributed by atoms with Crippen LogP contribution in [0.1, 0.15) is 18.9 Å². The van der Waals surface area contributed by atoms with Crippen LogP contribution in [0.25, 0.3) is 0 Å². The van der Waals surface area contributed by atoms with Crippen LogP contribution in [0.3, 0.4) is 0 Å². The van der Waals surface area contributed by atoms with E-state index in [9.17, 15) is 4.79 Å². The lowest BCUT2D eigenvalue weighted by atomic mass is 9.95. The van der Waals surface area contributed by atoms with E-state index in [0.717, 1.165) is 23.4 Å². The van der Waals surface area contributed by atoms with Gasteiger partial charge in [0, 0.05) is 18.0 Å². The maximum atomic E-state index is 12.5. The highest BCUT2D eigenvalue weighted by molar-refractivity contribution is 6.21. The number of pyridine rings is 1. The Morgan fingerprint density at radius 2 is 1.95 bits per heavy atom. The molecule has 0 radical (unpaired) electrons. The molecule has 1 aliphatic heterocycles. The van der Waals surface area contributed by atoms with Crippen molar-refractivity contribution in [2.24, 2.45) is 11.0 Å². The monoisotopic (exact) mass is 265 g/mol. The highest BCUT2D eigenvalue weighted by atomic mass is 16.2. The molecule has 1 aromatic carbocycles. The summed E-state index contributed by atoms with van der Waals surface area (Å²) < 4.78 is 0. The van der Waals surface area contributed by atoms with Crippen molar-refractivity contribution in [3.05, 3.63) is 60.4 Å². The van der Waals surface area contributed by atoms with Gasteiger partial charge in [-0.05, 0) is 30.7 Å². The standard InChI is InChI=1S/C16H15N3O/c1-2-14-15(12-7-6-10-17-11-12)18-19(16(14)20)13-8-4-3-5-9-13/h3-11,14H,2H2,1H3. The Hall–Kier alpha value is -2.49. The zero-order valence-corrected chi connectivity index (χ0v) is 11.2. The van der Waals surface area contributed by atoms with E-state index in [4.69, 9.17) is 0 Å². The van der Waals surface area contributed by atoms with Gasteiger partial charge in [0.05, 0.1) is 17.3 Å². The molecule has 2 aromatic rings. The van der Waals surface area contributed by atoms with Crippen LogP contribution in [0, 0.1) is 5.92 Å². The lowest BCUT2D eigenvalue weighted by molar-refractivity contribution is -0.119. The molecule has 0 saturated carbocycles. The molecule has 1 unspecified atom stereocenters. The van der Waals surface area contributed by atoms with Crippen LogP contribution in [-0.4, -0.2) is 16.6 Å². The summed E-state index contributed by atoms with van der Waals surface area (Å²) in [5.74, 6) is -0.169. The quantitative estimate of drug-likeness (QED) is 0.856. The third-order valence-corrected chi connectivity index (χ3v) is 3.41. The number of carbonyl (C=O) groups excluding carboxylic acids is 1. The molecule has 1 amide bonds. The molecule has 0 saturated heterocycles. The van der Waals surface area contributed by atoms with Crippen LogP contribution < -0.4 is 5.01 Å². The predicted molar refractivity (Wildman–Crippen MR) is 78.5 cm³/mol. The maximum Gasteiger partial charge on any atom is 0.256 e. The van der Waals surface area contributed by atoms with E-state index in [1.54, 1.807) is 12.4 Å². The van der Waals surface area contributed by atoms with Gasteiger partial charge in [0.2, 0.25) is 0 Å². The molecular formula is C16H15N3O. The first-order chi connectivity index (χ1) is 9.81. The lowest BCUT2D eigenvalue weighted by Gasteiger charge is -2.13. The molecular weight excluding hydrogens is 250 g/mol. The number of para-hydroxylation sites is 1. The van der Waals surface area contributed by atoms with E-state index in [1.165, 1.54) is 5.01 Å². The first-order valence-electron chi connectivity index (χ1n) is 6.69. The summed E-state index contributed by atoms with van der Waals surface area (Å²) in [7, 11) is 0. The van der Waals surface area contributed by atoms with Crippen molar-refractivity contribution in [2.75, 3.05) is 5.01 Å². The Balaban J connectivity index is 2.03. The minimum atomic E-state index is -0.195. The van der Waals surface area contributed by atoms with Crippen molar-refractivity contribution in [1.29, 1.82) is 0 Å². The number of hydrogen-bond donors (Lipinski definition) is 0. The lowest BCUT2D eigenvalue weighted by Crippen LogP contribution is -2.27. The number of rotatable bonds is 3. The number of amides is 1. The van der Waals surface area contributed by atoms with E-state index in [2.05, 4.69) is 10.1 Å². The fourth-order valence-electron chi connectivity index (χ4n) is 2.39. The van der Waals surface area contributed by atoms with E-state index < -0.39 is 0 Å². The second-order valence-corrected chi connectivity index (χ2v) is 4.67. The summed E-state index contributed by atoms with van der Waals surface area (Å²) in [4.78, 5) is 16.6. The molecule has 1 aliphatic rings. The van der Waals surface area contributed by atoms with Crippen molar-refractivity contribution in [3.8, 4) is 0 Å². The Morgan fingerprint density at radius 1 is 1.15 bits per heavy atom. The van der Waals surface area contributed by atoms with Crippen molar-refractivity contribution >= 4 is 17.3 Å². The Morgan fingerprint density at radius 3 is 2.60 bits per heavy atom. The van der Waals surface area contributed by atoms with Gasteiger partial charge < -0.3 is 0 Å². The third kappa shape index (κ3) is 2.09. The van der Waals surface area contributed by atoms with Crippen LogP contribution in [0.2, 0.25) is 0 Å². The predicted octanol–water partition coefficient (Wildman–Crippen LogP) is 2.86. The molecule has 0 fully saturated rings. The van der Waals surface area contributed by atoms with Crippen LogP contribution >= 0.6 is 0 Å². The molecule has 0 aliphatic carbocycles. The average molecular weight is 265 g/mol. The number of carbonyl (C=O) groups is 1. The van der Waals surface area contributed by atoms with Crippen LogP contribution in [0.15, 0.2) is 60.0 Å². The maximum absolute atomic E-state index is 12.5. The Labute approximate surface area is 117 Å². The molecule has 20 heavy (non-hydrogen) atoms. The van der Waals surface area contributed by atoms with Crippen molar-refractivity contribution in [1.82, 2.24) is 4.98 Å². The SMILES string of the molecule is CCC1C(=O)N(c2ccccc2)N=C1c1cccnc1. The van der Waals surface area contributed by atoms with Gasteiger partial charge in [-0.25, -0.2) is 0 Å². The molecule has 3 rings (SSSR count). The first kappa shape index (κ1) is 12.5. The molecule has 4 nitrogen and oxygen atoms in total. The van der Waals surface area contributed by atoms with Crippen LogP contribution in [-0.2, 0) is 4.79 Å². The highest BCUT2D eigenvalue weighted by Crippen LogP contribution is 2.27. The zero-order valence-electron chi connectivity index (χ0n) is 11.2. The summed E-state index contributed by atoms with van der Waals surface area (Å²) in [6.45, 7) is 2.00. The summed E-state index contributed by atoms with van der Waals surface area (Å²) in [5.41, 5.74) is 2.51. The molecule has 100 valence electrons. The van der Waals surface area contributed by atoms with E-state index in [-0.39, 0.29) is 11.8 Å². The molecule has 2 heterocycles. The normalized spacial score (nSPS) is 18.2. The average Bonchev–Trinajstić information content (AvgIpc) is 2.86. The number of hydrazone groups is 1. The van der Waals surface area contributed by atoms with Gasteiger partial charge in [-0.1, -0.05) is 25.1 Å². The molecule has 4 heteroatoms. The molecule has 1 aromatic heterocycles.